The highest BCUT2D eigenvalue weighted by Gasteiger charge is 2.31. The maximum absolute atomic E-state index is 6.18. The van der Waals surface area contributed by atoms with E-state index >= 15 is 0 Å². The summed E-state index contributed by atoms with van der Waals surface area (Å²) in [5.41, 5.74) is 1.13. The van der Waals surface area contributed by atoms with E-state index in [9.17, 15) is 0 Å². The molecule has 2 aliphatic rings. The molecule has 0 saturated carbocycles. The number of nitrogens with zero attached hydrogens (tertiary/aromatic N) is 3. The first-order valence-corrected chi connectivity index (χ1v) is 7.58. The van der Waals surface area contributed by atoms with Crippen LogP contribution in [0.5, 0.6) is 0 Å². The quantitative estimate of drug-likeness (QED) is 0.853. The molecular weight excluding hydrogens is 262 g/mol. The van der Waals surface area contributed by atoms with Crippen molar-refractivity contribution in [2.45, 2.75) is 25.8 Å². The summed E-state index contributed by atoms with van der Waals surface area (Å²) < 4.78 is 7.35. The van der Waals surface area contributed by atoms with Crippen LogP contribution in [0.2, 0.25) is 5.02 Å². The summed E-state index contributed by atoms with van der Waals surface area (Å²) in [6, 6.07) is 0. The van der Waals surface area contributed by atoms with Gasteiger partial charge in [0.25, 0.3) is 0 Å². The van der Waals surface area contributed by atoms with Gasteiger partial charge in [-0.15, -0.1) is 0 Å². The SMILES string of the molecule is Cn1ncc(Cl)c1CN1CCC(C2CCOCC2)C1. The number of aryl methyl sites for hydroxylation is 1. The van der Waals surface area contributed by atoms with Crippen molar-refractivity contribution in [2.24, 2.45) is 18.9 Å². The minimum absolute atomic E-state index is 0.789. The van der Waals surface area contributed by atoms with Crippen LogP contribution in [0, 0.1) is 11.8 Å². The number of halogens is 1. The minimum atomic E-state index is 0.789. The van der Waals surface area contributed by atoms with Crippen LogP contribution < -0.4 is 0 Å². The Balaban J connectivity index is 1.57. The molecule has 4 nitrogen and oxygen atoms in total. The highest BCUT2D eigenvalue weighted by Crippen LogP contribution is 2.32. The number of hydrogen-bond donors (Lipinski definition) is 0. The van der Waals surface area contributed by atoms with Crippen molar-refractivity contribution in [3.8, 4) is 0 Å². The van der Waals surface area contributed by atoms with E-state index in [1.165, 1.54) is 32.4 Å². The first-order valence-electron chi connectivity index (χ1n) is 7.20. The topological polar surface area (TPSA) is 30.3 Å². The second-order valence-corrected chi connectivity index (χ2v) is 6.20. The molecule has 0 aliphatic carbocycles. The number of hydrogen-bond acceptors (Lipinski definition) is 3. The zero-order chi connectivity index (χ0) is 13.2. The van der Waals surface area contributed by atoms with Gasteiger partial charge < -0.3 is 4.74 Å². The van der Waals surface area contributed by atoms with E-state index < -0.39 is 0 Å². The fourth-order valence-corrected chi connectivity index (χ4v) is 3.63. The molecule has 2 fully saturated rings. The molecule has 2 aliphatic heterocycles. The third-order valence-corrected chi connectivity index (χ3v) is 4.94. The van der Waals surface area contributed by atoms with E-state index in [1.807, 2.05) is 11.7 Å². The monoisotopic (exact) mass is 283 g/mol. The third-order valence-electron chi connectivity index (χ3n) is 4.63. The maximum Gasteiger partial charge on any atom is 0.0831 e. The fourth-order valence-electron chi connectivity index (χ4n) is 3.40. The number of rotatable bonds is 3. The lowest BCUT2D eigenvalue weighted by atomic mass is 9.85. The Morgan fingerprint density at radius 1 is 1.32 bits per heavy atom. The molecule has 1 atom stereocenters. The fraction of sp³-hybridized carbons (Fsp3) is 0.786. The highest BCUT2D eigenvalue weighted by molar-refractivity contribution is 6.31. The minimum Gasteiger partial charge on any atom is -0.381 e. The van der Waals surface area contributed by atoms with Gasteiger partial charge in [-0.05, 0) is 37.6 Å². The molecule has 3 heterocycles. The van der Waals surface area contributed by atoms with Crippen LogP contribution in [0.3, 0.4) is 0 Å². The van der Waals surface area contributed by atoms with Crippen molar-refractivity contribution in [2.75, 3.05) is 26.3 Å². The van der Waals surface area contributed by atoms with E-state index in [0.717, 1.165) is 42.3 Å². The zero-order valence-electron chi connectivity index (χ0n) is 11.5. The molecule has 1 unspecified atom stereocenters. The van der Waals surface area contributed by atoms with Crippen LogP contribution in [-0.2, 0) is 18.3 Å². The van der Waals surface area contributed by atoms with Gasteiger partial charge in [-0.3, -0.25) is 9.58 Å². The van der Waals surface area contributed by atoms with Gasteiger partial charge in [-0.2, -0.15) is 5.10 Å². The van der Waals surface area contributed by atoms with Crippen molar-refractivity contribution in [1.82, 2.24) is 14.7 Å². The van der Waals surface area contributed by atoms with Gasteiger partial charge in [0.1, 0.15) is 0 Å². The summed E-state index contributed by atoms with van der Waals surface area (Å²) in [6.45, 7) is 5.22. The molecule has 1 aromatic heterocycles. The van der Waals surface area contributed by atoms with Crippen molar-refractivity contribution < 1.29 is 4.74 Å². The molecule has 0 N–H and O–H groups in total. The predicted octanol–water partition coefficient (Wildman–Crippen LogP) is 2.32. The van der Waals surface area contributed by atoms with E-state index in [-0.39, 0.29) is 0 Å². The van der Waals surface area contributed by atoms with Crippen molar-refractivity contribution >= 4 is 11.6 Å². The highest BCUT2D eigenvalue weighted by atomic mass is 35.5. The maximum atomic E-state index is 6.18. The van der Waals surface area contributed by atoms with Crippen LogP contribution in [0.15, 0.2) is 6.20 Å². The van der Waals surface area contributed by atoms with Gasteiger partial charge in [-0.1, -0.05) is 11.6 Å². The summed E-state index contributed by atoms with van der Waals surface area (Å²) in [5.74, 6) is 1.71. The summed E-state index contributed by atoms with van der Waals surface area (Å²) in [5, 5.41) is 5.00. The van der Waals surface area contributed by atoms with Crippen molar-refractivity contribution in [1.29, 1.82) is 0 Å². The molecule has 0 spiro atoms. The van der Waals surface area contributed by atoms with Crippen molar-refractivity contribution in [3.63, 3.8) is 0 Å². The van der Waals surface area contributed by atoms with Gasteiger partial charge >= 0.3 is 0 Å². The lowest BCUT2D eigenvalue weighted by molar-refractivity contribution is 0.0477. The first-order chi connectivity index (χ1) is 9.24. The number of ether oxygens (including phenoxy) is 1. The summed E-state index contributed by atoms with van der Waals surface area (Å²) >= 11 is 6.18. The lowest BCUT2D eigenvalue weighted by Gasteiger charge is -2.27. The van der Waals surface area contributed by atoms with Crippen LogP contribution in [0.1, 0.15) is 25.0 Å². The zero-order valence-corrected chi connectivity index (χ0v) is 12.3. The largest absolute Gasteiger partial charge is 0.381 e. The molecule has 0 bridgehead atoms. The van der Waals surface area contributed by atoms with Gasteiger partial charge in [0.15, 0.2) is 0 Å². The Morgan fingerprint density at radius 3 is 2.79 bits per heavy atom. The average molecular weight is 284 g/mol. The van der Waals surface area contributed by atoms with Gasteiger partial charge in [0, 0.05) is 33.4 Å². The van der Waals surface area contributed by atoms with Gasteiger partial charge in [0.2, 0.25) is 0 Å². The standard InChI is InChI=1S/C14H22ClN3O/c1-17-14(13(15)8-16-17)10-18-5-2-12(9-18)11-3-6-19-7-4-11/h8,11-12H,2-7,9-10H2,1H3. The van der Waals surface area contributed by atoms with E-state index in [0.29, 0.717) is 0 Å². The third kappa shape index (κ3) is 2.96. The number of aromatic nitrogens is 2. The Kier molecular flexibility index (Phi) is 4.10. The molecular formula is C14H22ClN3O. The normalized spacial score (nSPS) is 26.1. The van der Waals surface area contributed by atoms with Crippen molar-refractivity contribution in [3.05, 3.63) is 16.9 Å². The second kappa shape index (κ2) is 5.81. The van der Waals surface area contributed by atoms with E-state index in [1.54, 1.807) is 6.20 Å². The Bertz CT molecular complexity index is 409. The molecule has 0 radical (unpaired) electrons. The van der Waals surface area contributed by atoms with Gasteiger partial charge in [0.05, 0.1) is 16.9 Å². The van der Waals surface area contributed by atoms with E-state index in [4.69, 9.17) is 16.3 Å². The Hall–Kier alpha value is -0.580. The molecule has 19 heavy (non-hydrogen) atoms. The number of likely N-dealkylation sites (tertiary alicyclic amines) is 1. The molecule has 2 saturated heterocycles. The average Bonchev–Trinajstić information content (AvgIpc) is 3.02. The molecule has 106 valence electrons. The van der Waals surface area contributed by atoms with Crippen LogP contribution >= 0.6 is 11.6 Å². The molecule has 5 heteroatoms. The van der Waals surface area contributed by atoms with Crippen LogP contribution in [-0.4, -0.2) is 41.0 Å². The summed E-state index contributed by atoms with van der Waals surface area (Å²) in [7, 11) is 1.97. The summed E-state index contributed by atoms with van der Waals surface area (Å²) in [6.07, 6.45) is 5.54. The smallest absolute Gasteiger partial charge is 0.0831 e. The Labute approximate surface area is 119 Å². The molecule has 3 rings (SSSR count). The van der Waals surface area contributed by atoms with Crippen LogP contribution in [0.4, 0.5) is 0 Å². The van der Waals surface area contributed by atoms with Gasteiger partial charge in [-0.25, -0.2) is 0 Å². The molecule has 1 aromatic rings. The lowest BCUT2D eigenvalue weighted by Crippen LogP contribution is -2.27. The first kappa shape index (κ1) is 13.4. The molecule has 0 amide bonds. The second-order valence-electron chi connectivity index (χ2n) is 5.80. The predicted molar refractivity (Wildman–Crippen MR) is 75.1 cm³/mol. The Morgan fingerprint density at radius 2 is 2.11 bits per heavy atom. The van der Waals surface area contributed by atoms with Crippen LogP contribution in [0.25, 0.3) is 0 Å². The summed E-state index contributed by atoms with van der Waals surface area (Å²) in [4.78, 5) is 2.52. The molecule has 0 aromatic carbocycles. The van der Waals surface area contributed by atoms with E-state index in [2.05, 4.69) is 10.00 Å².